The average Bonchev–Trinajstić information content (AvgIpc) is 3.28. The molecule has 2 fully saturated rings. The van der Waals surface area contributed by atoms with Crippen LogP contribution in [0.15, 0.2) is 30.9 Å². The first-order valence-corrected chi connectivity index (χ1v) is 9.47. The molecule has 2 aliphatic rings. The molecule has 1 aromatic carbocycles. The highest BCUT2D eigenvalue weighted by atomic mass is 35.5. The molecule has 30 heavy (non-hydrogen) atoms. The van der Waals surface area contributed by atoms with Gasteiger partial charge in [-0.05, 0) is 25.0 Å². The van der Waals surface area contributed by atoms with Crippen molar-refractivity contribution in [1.29, 1.82) is 0 Å². The Morgan fingerprint density at radius 3 is 2.83 bits per heavy atom. The number of piperazine rings is 1. The number of benzene rings is 1. The third-order valence-corrected chi connectivity index (χ3v) is 5.34. The van der Waals surface area contributed by atoms with Crippen LogP contribution in [-0.2, 0) is 4.79 Å². The number of halogens is 1. The third kappa shape index (κ3) is 4.26. The molecule has 0 saturated carbocycles. The van der Waals surface area contributed by atoms with Crippen LogP contribution in [0.5, 0.6) is 0 Å². The second-order valence-corrected chi connectivity index (χ2v) is 7.11. The maximum absolute atomic E-state index is 13.0. The number of nitrogens with zero attached hydrogens (tertiary/aromatic N) is 6. The number of likely N-dealkylation sites (tertiary alicyclic amines) is 1. The third-order valence-electron chi connectivity index (χ3n) is 5.34. The number of nitro groups is 1. The number of nitro benzene ring substituents is 1. The second-order valence-electron chi connectivity index (χ2n) is 7.11. The van der Waals surface area contributed by atoms with E-state index in [-0.39, 0.29) is 47.2 Å². The molecule has 1 N–H and O–H groups in total. The smallest absolute Gasteiger partial charge is 0.295 e. The topological polar surface area (TPSA) is 126 Å². The van der Waals surface area contributed by atoms with E-state index in [9.17, 15) is 19.7 Å². The number of hydrogen-bond donors (Lipinski definition) is 1. The Bertz CT molecular complexity index is 937. The van der Waals surface area contributed by atoms with Gasteiger partial charge in [0.15, 0.2) is 0 Å². The molecule has 0 bridgehead atoms. The molecule has 2 aliphatic heterocycles. The van der Waals surface area contributed by atoms with E-state index in [0.717, 1.165) is 19.4 Å². The van der Waals surface area contributed by atoms with Crippen LogP contribution in [0.4, 0.5) is 5.69 Å². The zero-order valence-electron chi connectivity index (χ0n) is 16.1. The minimum atomic E-state index is -0.536. The molecule has 0 spiro atoms. The summed E-state index contributed by atoms with van der Waals surface area (Å²) in [5.41, 5.74) is 0.270. The van der Waals surface area contributed by atoms with Crippen molar-refractivity contribution in [1.82, 2.24) is 29.9 Å². The van der Waals surface area contributed by atoms with E-state index in [1.165, 1.54) is 29.5 Å². The number of piperidine rings is 1. The molecule has 2 saturated heterocycles. The Morgan fingerprint density at radius 2 is 2.13 bits per heavy atom. The first-order valence-electron chi connectivity index (χ1n) is 9.47. The minimum Gasteiger partial charge on any atom is -0.337 e. The summed E-state index contributed by atoms with van der Waals surface area (Å²) in [7, 11) is 0. The SMILES string of the molecule is Cl.O=C(c1ccc(-n2cncn2)c([N+](=O)[O-])c1)N1CCCC(N2CCNCC2=O)C1. The lowest BCUT2D eigenvalue weighted by molar-refractivity contribution is -0.384. The van der Waals surface area contributed by atoms with Gasteiger partial charge >= 0.3 is 0 Å². The molecule has 12 heteroatoms. The fraction of sp³-hybridized carbons (Fsp3) is 0.444. The molecule has 4 rings (SSSR count). The number of nitrogens with one attached hydrogen (secondary N) is 1. The predicted molar refractivity (Wildman–Crippen MR) is 109 cm³/mol. The van der Waals surface area contributed by atoms with Gasteiger partial charge in [-0.3, -0.25) is 19.7 Å². The van der Waals surface area contributed by atoms with Crippen LogP contribution >= 0.6 is 12.4 Å². The van der Waals surface area contributed by atoms with E-state index in [0.29, 0.717) is 26.2 Å². The van der Waals surface area contributed by atoms with Crippen molar-refractivity contribution in [3.63, 3.8) is 0 Å². The molecule has 11 nitrogen and oxygen atoms in total. The van der Waals surface area contributed by atoms with E-state index < -0.39 is 4.92 Å². The van der Waals surface area contributed by atoms with E-state index >= 15 is 0 Å². The Morgan fingerprint density at radius 1 is 1.30 bits per heavy atom. The number of rotatable bonds is 4. The van der Waals surface area contributed by atoms with E-state index in [1.54, 1.807) is 11.0 Å². The van der Waals surface area contributed by atoms with Crippen LogP contribution in [0.25, 0.3) is 5.69 Å². The normalized spacial score (nSPS) is 19.3. The van der Waals surface area contributed by atoms with E-state index in [2.05, 4.69) is 15.4 Å². The first-order chi connectivity index (χ1) is 14.0. The molecule has 160 valence electrons. The molecule has 0 radical (unpaired) electrons. The second kappa shape index (κ2) is 9.18. The standard InChI is InChI=1S/C18H21N7O4.ClH/c26-17-9-19-5-7-23(17)14-2-1-6-22(10-14)18(27)13-3-4-15(16(8-13)25(28)29)24-12-20-11-21-24;/h3-4,8,11-12,14,19H,1-2,5-7,9-10H2;1H. The monoisotopic (exact) mass is 435 g/mol. The maximum Gasteiger partial charge on any atom is 0.295 e. The van der Waals surface area contributed by atoms with Crippen LogP contribution < -0.4 is 5.32 Å². The van der Waals surface area contributed by atoms with Gasteiger partial charge in [-0.1, -0.05) is 0 Å². The fourth-order valence-electron chi connectivity index (χ4n) is 3.91. The number of amides is 2. The van der Waals surface area contributed by atoms with Crippen molar-refractivity contribution >= 4 is 29.9 Å². The maximum atomic E-state index is 13.0. The van der Waals surface area contributed by atoms with Crippen molar-refractivity contribution in [3.05, 3.63) is 46.5 Å². The van der Waals surface area contributed by atoms with Gasteiger partial charge in [0.05, 0.1) is 11.5 Å². The van der Waals surface area contributed by atoms with Gasteiger partial charge in [0, 0.05) is 43.9 Å². The highest BCUT2D eigenvalue weighted by molar-refractivity contribution is 5.95. The summed E-state index contributed by atoms with van der Waals surface area (Å²) < 4.78 is 1.29. The summed E-state index contributed by atoms with van der Waals surface area (Å²) in [4.78, 5) is 43.5. The van der Waals surface area contributed by atoms with Gasteiger partial charge in [0.2, 0.25) is 5.91 Å². The van der Waals surface area contributed by atoms with Gasteiger partial charge < -0.3 is 15.1 Å². The van der Waals surface area contributed by atoms with Gasteiger partial charge in [-0.2, -0.15) is 5.10 Å². The summed E-state index contributed by atoms with van der Waals surface area (Å²) in [5, 5.41) is 18.5. The molecule has 2 aromatic rings. The summed E-state index contributed by atoms with van der Waals surface area (Å²) in [6.07, 6.45) is 4.28. The number of hydrogen-bond acceptors (Lipinski definition) is 7. The van der Waals surface area contributed by atoms with Crippen molar-refractivity contribution in [2.24, 2.45) is 0 Å². The van der Waals surface area contributed by atoms with Crippen LogP contribution in [0.2, 0.25) is 0 Å². The van der Waals surface area contributed by atoms with Crippen LogP contribution in [0.1, 0.15) is 23.2 Å². The molecule has 1 unspecified atom stereocenters. The quantitative estimate of drug-likeness (QED) is 0.551. The van der Waals surface area contributed by atoms with Gasteiger partial charge in [0.25, 0.3) is 11.6 Å². The molecule has 2 amide bonds. The molecule has 3 heterocycles. The average molecular weight is 436 g/mol. The first kappa shape index (κ1) is 21.7. The zero-order chi connectivity index (χ0) is 20.4. The van der Waals surface area contributed by atoms with Crippen LogP contribution in [0, 0.1) is 10.1 Å². The van der Waals surface area contributed by atoms with Crippen LogP contribution in [-0.4, -0.2) is 80.1 Å². The molecule has 1 aromatic heterocycles. The van der Waals surface area contributed by atoms with E-state index in [4.69, 9.17) is 0 Å². The molecule has 0 aliphatic carbocycles. The lowest BCUT2D eigenvalue weighted by Gasteiger charge is -2.41. The summed E-state index contributed by atoms with van der Waals surface area (Å²) in [6, 6.07) is 4.32. The Hall–Kier alpha value is -3.05. The van der Waals surface area contributed by atoms with Crippen molar-refractivity contribution < 1.29 is 14.5 Å². The predicted octanol–water partition coefficient (Wildman–Crippen LogP) is 0.634. The highest BCUT2D eigenvalue weighted by Gasteiger charge is 2.32. The van der Waals surface area contributed by atoms with Crippen molar-refractivity contribution in [2.75, 3.05) is 32.7 Å². The molecular formula is C18H22ClN7O4. The largest absolute Gasteiger partial charge is 0.337 e. The van der Waals surface area contributed by atoms with Crippen LogP contribution in [0.3, 0.4) is 0 Å². The molecule has 1 atom stereocenters. The highest BCUT2D eigenvalue weighted by Crippen LogP contribution is 2.25. The number of aromatic nitrogens is 3. The Kier molecular flexibility index (Phi) is 6.63. The van der Waals surface area contributed by atoms with Gasteiger partial charge in [-0.25, -0.2) is 9.67 Å². The summed E-state index contributed by atoms with van der Waals surface area (Å²) >= 11 is 0. The summed E-state index contributed by atoms with van der Waals surface area (Å²) in [5.74, 6) is -0.228. The van der Waals surface area contributed by atoms with E-state index in [1.807, 2.05) is 4.90 Å². The fourth-order valence-corrected chi connectivity index (χ4v) is 3.91. The minimum absolute atomic E-state index is 0. The lowest BCUT2D eigenvalue weighted by Crippen LogP contribution is -2.57. The van der Waals surface area contributed by atoms with Crippen molar-refractivity contribution in [2.45, 2.75) is 18.9 Å². The Balaban J connectivity index is 0.00000256. The lowest BCUT2D eigenvalue weighted by atomic mass is 10.0. The van der Waals surface area contributed by atoms with Crippen molar-refractivity contribution in [3.8, 4) is 5.69 Å². The number of carbonyl (C=O) groups excluding carboxylic acids is 2. The van der Waals surface area contributed by atoms with Gasteiger partial charge in [-0.15, -0.1) is 12.4 Å². The summed E-state index contributed by atoms with van der Waals surface area (Å²) in [6.45, 7) is 2.69. The number of carbonyl (C=O) groups is 2. The zero-order valence-corrected chi connectivity index (χ0v) is 17.0. The Labute approximate surface area is 178 Å². The molecular weight excluding hydrogens is 414 g/mol. The van der Waals surface area contributed by atoms with Gasteiger partial charge in [0.1, 0.15) is 18.3 Å².